The maximum Gasteiger partial charge on any atom is 0.266 e. The molecule has 5 heteroatoms. The highest BCUT2D eigenvalue weighted by atomic mass is 32.1. The van der Waals surface area contributed by atoms with Gasteiger partial charge in [-0.3, -0.25) is 9.59 Å². The van der Waals surface area contributed by atoms with Gasteiger partial charge in [0.15, 0.2) is 0 Å². The Labute approximate surface area is 137 Å². The molecule has 4 nitrogen and oxygen atoms in total. The van der Waals surface area contributed by atoms with E-state index in [1.807, 2.05) is 30.5 Å². The van der Waals surface area contributed by atoms with Crippen molar-refractivity contribution in [3.8, 4) is 10.6 Å². The third kappa shape index (κ3) is 2.17. The number of rotatable bonds is 2. The van der Waals surface area contributed by atoms with Crippen molar-refractivity contribution >= 4 is 28.8 Å². The molecule has 1 aliphatic rings. The normalized spacial score (nSPS) is 13.5. The first-order valence-corrected chi connectivity index (χ1v) is 8.03. The maximum absolute atomic E-state index is 12.6. The lowest BCUT2D eigenvalue weighted by atomic mass is 10.1. The Kier molecular flexibility index (Phi) is 3.09. The van der Waals surface area contributed by atoms with Crippen LogP contribution in [0.15, 0.2) is 53.9 Å². The molecule has 0 radical (unpaired) electrons. The van der Waals surface area contributed by atoms with Crippen LogP contribution in [0.2, 0.25) is 0 Å². The number of anilines is 1. The second-order valence-electron chi connectivity index (χ2n) is 5.34. The molecule has 23 heavy (non-hydrogen) atoms. The van der Waals surface area contributed by atoms with Gasteiger partial charge in [0.25, 0.3) is 11.8 Å². The molecule has 0 fully saturated rings. The summed E-state index contributed by atoms with van der Waals surface area (Å²) in [6, 6.07) is 14.3. The molecular weight excluding hydrogens is 308 g/mol. The third-order valence-electron chi connectivity index (χ3n) is 3.76. The van der Waals surface area contributed by atoms with E-state index in [0.29, 0.717) is 16.8 Å². The van der Waals surface area contributed by atoms with Gasteiger partial charge in [0.05, 0.1) is 16.8 Å². The minimum atomic E-state index is -0.280. The van der Waals surface area contributed by atoms with E-state index < -0.39 is 0 Å². The molecule has 0 atom stereocenters. The highest BCUT2D eigenvalue weighted by Gasteiger charge is 2.36. The fourth-order valence-electron chi connectivity index (χ4n) is 2.69. The van der Waals surface area contributed by atoms with E-state index in [0.717, 1.165) is 16.3 Å². The van der Waals surface area contributed by atoms with Crippen molar-refractivity contribution in [3.63, 3.8) is 0 Å². The van der Waals surface area contributed by atoms with Crippen molar-refractivity contribution in [2.75, 3.05) is 4.90 Å². The van der Waals surface area contributed by atoms with Crippen LogP contribution in [-0.2, 0) is 0 Å². The van der Waals surface area contributed by atoms with E-state index in [1.165, 1.54) is 4.90 Å². The molecule has 4 rings (SSSR count). The average Bonchev–Trinajstić information content (AvgIpc) is 3.11. The summed E-state index contributed by atoms with van der Waals surface area (Å²) in [4.78, 5) is 30.8. The molecule has 2 amide bonds. The van der Waals surface area contributed by atoms with Gasteiger partial charge in [0.1, 0.15) is 5.01 Å². The number of carbonyl (C=O) groups is 2. The van der Waals surface area contributed by atoms with Crippen LogP contribution in [0.1, 0.15) is 26.4 Å². The predicted octanol–water partition coefficient (Wildman–Crippen LogP) is 3.92. The van der Waals surface area contributed by atoms with Crippen LogP contribution in [0, 0.1) is 6.92 Å². The summed E-state index contributed by atoms with van der Waals surface area (Å²) in [6.45, 7) is 1.94. The summed E-state index contributed by atoms with van der Waals surface area (Å²) in [5, 5.41) is 2.85. The molecule has 0 spiro atoms. The van der Waals surface area contributed by atoms with E-state index in [-0.39, 0.29) is 11.8 Å². The van der Waals surface area contributed by atoms with Crippen molar-refractivity contribution in [3.05, 3.63) is 70.7 Å². The minimum Gasteiger partial charge on any atom is -0.268 e. The Balaban J connectivity index is 1.78. The Morgan fingerprint density at radius 1 is 0.957 bits per heavy atom. The van der Waals surface area contributed by atoms with Crippen molar-refractivity contribution < 1.29 is 9.59 Å². The molecule has 2 heterocycles. The number of hydrogen-bond acceptors (Lipinski definition) is 4. The van der Waals surface area contributed by atoms with Crippen LogP contribution in [0.4, 0.5) is 5.69 Å². The highest BCUT2D eigenvalue weighted by Crippen LogP contribution is 2.32. The van der Waals surface area contributed by atoms with Gasteiger partial charge in [-0.2, -0.15) is 0 Å². The van der Waals surface area contributed by atoms with E-state index in [9.17, 15) is 9.59 Å². The fourth-order valence-corrected chi connectivity index (χ4v) is 3.48. The molecule has 3 aromatic rings. The zero-order chi connectivity index (χ0) is 16.0. The molecule has 0 saturated carbocycles. The molecule has 0 unspecified atom stereocenters. The highest BCUT2D eigenvalue weighted by molar-refractivity contribution is 7.13. The number of carbonyl (C=O) groups excluding carboxylic acids is 2. The number of aryl methyl sites for hydroxylation is 1. The van der Waals surface area contributed by atoms with Crippen LogP contribution < -0.4 is 4.90 Å². The van der Waals surface area contributed by atoms with Crippen molar-refractivity contribution in [2.24, 2.45) is 0 Å². The van der Waals surface area contributed by atoms with Crippen LogP contribution >= 0.6 is 11.3 Å². The van der Waals surface area contributed by atoms with Gasteiger partial charge in [0, 0.05) is 16.6 Å². The summed E-state index contributed by atoms with van der Waals surface area (Å²) in [6.07, 6.45) is 0. The first-order chi connectivity index (χ1) is 11.1. The number of amides is 2. The lowest BCUT2D eigenvalue weighted by Crippen LogP contribution is -2.29. The number of hydrogen-bond donors (Lipinski definition) is 0. The molecule has 112 valence electrons. The Bertz CT molecular complexity index is 910. The smallest absolute Gasteiger partial charge is 0.266 e. The number of aromatic nitrogens is 1. The van der Waals surface area contributed by atoms with Gasteiger partial charge >= 0.3 is 0 Å². The zero-order valence-corrected chi connectivity index (χ0v) is 13.1. The summed E-state index contributed by atoms with van der Waals surface area (Å²) >= 11 is 1.54. The van der Waals surface area contributed by atoms with Gasteiger partial charge < -0.3 is 0 Å². The Hall–Kier alpha value is -2.79. The minimum absolute atomic E-state index is 0.280. The number of benzene rings is 2. The quantitative estimate of drug-likeness (QED) is 0.672. The monoisotopic (exact) mass is 320 g/mol. The topological polar surface area (TPSA) is 50.3 Å². The molecule has 2 aromatic carbocycles. The van der Waals surface area contributed by atoms with Crippen LogP contribution in [0.3, 0.4) is 0 Å². The molecule has 1 aromatic heterocycles. The third-order valence-corrected chi connectivity index (χ3v) is 4.77. The Morgan fingerprint density at radius 2 is 1.65 bits per heavy atom. The second-order valence-corrected chi connectivity index (χ2v) is 6.19. The van der Waals surface area contributed by atoms with Gasteiger partial charge in [-0.05, 0) is 31.2 Å². The summed E-state index contributed by atoms with van der Waals surface area (Å²) in [7, 11) is 0. The number of thiazole rings is 1. The standard InChI is InChI=1S/C18H12N2O2S/c1-11-10-23-16(19-11)12-5-4-6-13(9-12)20-17(21)14-7-2-3-8-15(14)18(20)22/h2-10H,1H3. The van der Waals surface area contributed by atoms with Gasteiger partial charge in [-0.15, -0.1) is 11.3 Å². The predicted molar refractivity (Wildman–Crippen MR) is 89.9 cm³/mol. The number of nitrogens with zero attached hydrogens (tertiary/aromatic N) is 2. The fraction of sp³-hybridized carbons (Fsp3) is 0.0556. The first kappa shape index (κ1) is 13.8. The van der Waals surface area contributed by atoms with E-state index in [1.54, 1.807) is 41.7 Å². The summed E-state index contributed by atoms with van der Waals surface area (Å²) in [5.41, 5.74) is 3.33. The van der Waals surface area contributed by atoms with Gasteiger partial charge in [-0.1, -0.05) is 24.3 Å². The maximum atomic E-state index is 12.6. The number of fused-ring (bicyclic) bond motifs is 1. The number of imide groups is 1. The molecule has 0 bridgehead atoms. The molecule has 0 aliphatic carbocycles. The van der Waals surface area contributed by atoms with Crippen molar-refractivity contribution in [2.45, 2.75) is 6.92 Å². The van der Waals surface area contributed by atoms with Crippen molar-refractivity contribution in [1.29, 1.82) is 0 Å². The molecular formula is C18H12N2O2S. The van der Waals surface area contributed by atoms with Crippen molar-refractivity contribution in [1.82, 2.24) is 4.98 Å². The molecule has 0 saturated heterocycles. The van der Waals surface area contributed by atoms with Crippen LogP contribution in [-0.4, -0.2) is 16.8 Å². The Morgan fingerprint density at radius 3 is 2.26 bits per heavy atom. The van der Waals surface area contributed by atoms with E-state index in [4.69, 9.17) is 0 Å². The second kappa shape index (κ2) is 5.14. The summed E-state index contributed by atoms with van der Waals surface area (Å²) in [5.74, 6) is -0.559. The van der Waals surface area contributed by atoms with Crippen LogP contribution in [0.25, 0.3) is 10.6 Å². The van der Waals surface area contributed by atoms with Gasteiger partial charge in [-0.25, -0.2) is 9.88 Å². The lowest BCUT2D eigenvalue weighted by molar-refractivity contribution is 0.0926. The lowest BCUT2D eigenvalue weighted by Gasteiger charge is -2.14. The van der Waals surface area contributed by atoms with Gasteiger partial charge in [0.2, 0.25) is 0 Å². The van der Waals surface area contributed by atoms with E-state index >= 15 is 0 Å². The molecule has 1 aliphatic heterocycles. The summed E-state index contributed by atoms with van der Waals surface area (Å²) < 4.78 is 0. The largest absolute Gasteiger partial charge is 0.268 e. The van der Waals surface area contributed by atoms with Crippen LogP contribution in [0.5, 0.6) is 0 Å². The SMILES string of the molecule is Cc1csc(-c2cccc(N3C(=O)c4ccccc4C3=O)c2)n1. The zero-order valence-electron chi connectivity index (χ0n) is 12.3. The van der Waals surface area contributed by atoms with E-state index in [2.05, 4.69) is 4.98 Å². The average molecular weight is 320 g/mol. The molecule has 0 N–H and O–H groups in total. The first-order valence-electron chi connectivity index (χ1n) is 7.15.